The molecule has 2 aromatic rings. The van der Waals surface area contributed by atoms with Crippen LogP contribution in [0, 0.1) is 0 Å². The van der Waals surface area contributed by atoms with E-state index in [0.29, 0.717) is 16.3 Å². The third-order valence-electron chi connectivity index (χ3n) is 2.36. The van der Waals surface area contributed by atoms with Gasteiger partial charge in [0.15, 0.2) is 0 Å². The van der Waals surface area contributed by atoms with Crippen molar-refractivity contribution < 1.29 is 14.3 Å². The van der Waals surface area contributed by atoms with Crippen LogP contribution in [-0.4, -0.2) is 25.2 Å². The summed E-state index contributed by atoms with van der Waals surface area (Å²) in [5, 5.41) is 1.22. The fourth-order valence-corrected chi connectivity index (χ4v) is 1.91. The number of H-pyrrole nitrogens is 1. The number of rotatable bonds is 2. The molecule has 16 heavy (non-hydrogen) atoms. The standard InChI is InChI=1S/C11H10ClNO3/c1-15-10-6-3-4-13-9(6)8(12)5-7(10)11(14)16-2/h3-5,13H,1-2H3. The Morgan fingerprint density at radius 3 is 2.81 bits per heavy atom. The number of nitrogens with one attached hydrogen (secondary N) is 1. The monoisotopic (exact) mass is 239 g/mol. The van der Waals surface area contributed by atoms with E-state index in [9.17, 15) is 4.79 Å². The van der Waals surface area contributed by atoms with Gasteiger partial charge in [0, 0.05) is 11.6 Å². The molecule has 0 fully saturated rings. The summed E-state index contributed by atoms with van der Waals surface area (Å²) in [7, 11) is 2.82. The molecule has 84 valence electrons. The minimum Gasteiger partial charge on any atom is -0.495 e. The van der Waals surface area contributed by atoms with Crippen molar-refractivity contribution in [3.05, 3.63) is 28.9 Å². The molecule has 0 aliphatic rings. The summed E-state index contributed by atoms with van der Waals surface area (Å²) in [5.74, 6) is -0.00523. The maximum absolute atomic E-state index is 11.5. The average molecular weight is 240 g/mol. The van der Waals surface area contributed by atoms with Crippen molar-refractivity contribution in [2.24, 2.45) is 0 Å². The number of hydrogen-bond acceptors (Lipinski definition) is 3. The first-order valence-electron chi connectivity index (χ1n) is 4.61. The molecule has 0 aliphatic carbocycles. The molecule has 0 bridgehead atoms. The summed E-state index contributed by atoms with van der Waals surface area (Å²) in [5.41, 5.74) is 1.06. The molecule has 0 aliphatic heterocycles. The van der Waals surface area contributed by atoms with Crippen molar-refractivity contribution in [2.75, 3.05) is 14.2 Å². The molecule has 5 heteroatoms. The second kappa shape index (κ2) is 4.06. The van der Waals surface area contributed by atoms with Crippen LogP contribution >= 0.6 is 11.6 Å². The van der Waals surface area contributed by atoms with Gasteiger partial charge in [0.2, 0.25) is 0 Å². The molecular weight excluding hydrogens is 230 g/mol. The van der Waals surface area contributed by atoms with Gasteiger partial charge in [-0.3, -0.25) is 0 Å². The predicted octanol–water partition coefficient (Wildman–Crippen LogP) is 2.62. The summed E-state index contributed by atoms with van der Waals surface area (Å²) in [6.45, 7) is 0. The molecule has 0 atom stereocenters. The van der Waals surface area contributed by atoms with Crippen LogP contribution in [0.1, 0.15) is 10.4 Å². The van der Waals surface area contributed by atoms with Crippen LogP contribution in [0.4, 0.5) is 0 Å². The highest BCUT2D eigenvalue weighted by atomic mass is 35.5. The normalized spacial score (nSPS) is 10.4. The van der Waals surface area contributed by atoms with E-state index < -0.39 is 5.97 Å². The second-order valence-electron chi connectivity index (χ2n) is 3.20. The first kappa shape index (κ1) is 10.8. The quantitative estimate of drug-likeness (QED) is 0.820. The molecule has 2 rings (SSSR count). The highest BCUT2D eigenvalue weighted by Gasteiger charge is 2.18. The lowest BCUT2D eigenvalue weighted by atomic mass is 10.1. The van der Waals surface area contributed by atoms with Crippen molar-refractivity contribution >= 4 is 28.5 Å². The summed E-state index contributed by atoms with van der Waals surface area (Å²) in [6, 6.07) is 3.33. The number of aromatic nitrogens is 1. The topological polar surface area (TPSA) is 51.3 Å². The minimum atomic E-state index is -0.471. The third kappa shape index (κ3) is 1.51. The Balaban J connectivity index is 2.78. The van der Waals surface area contributed by atoms with Crippen LogP contribution in [0.25, 0.3) is 10.9 Å². The summed E-state index contributed by atoms with van der Waals surface area (Å²) >= 11 is 6.04. The van der Waals surface area contributed by atoms with Gasteiger partial charge in [-0.2, -0.15) is 0 Å². The predicted molar refractivity (Wildman–Crippen MR) is 61.2 cm³/mol. The maximum atomic E-state index is 11.5. The van der Waals surface area contributed by atoms with Crippen LogP contribution in [0.5, 0.6) is 5.75 Å². The number of carbonyl (C=O) groups excluding carboxylic acids is 1. The van der Waals surface area contributed by atoms with E-state index in [2.05, 4.69) is 9.72 Å². The van der Waals surface area contributed by atoms with Gasteiger partial charge in [0.05, 0.1) is 24.8 Å². The molecule has 1 aromatic carbocycles. The number of carbonyl (C=O) groups is 1. The van der Waals surface area contributed by atoms with Crippen LogP contribution in [-0.2, 0) is 4.74 Å². The number of ether oxygens (including phenoxy) is 2. The number of esters is 1. The van der Waals surface area contributed by atoms with E-state index in [4.69, 9.17) is 16.3 Å². The van der Waals surface area contributed by atoms with E-state index in [1.54, 1.807) is 12.3 Å². The van der Waals surface area contributed by atoms with Gasteiger partial charge in [-0.15, -0.1) is 0 Å². The lowest BCUT2D eigenvalue weighted by Crippen LogP contribution is -2.04. The molecule has 0 unspecified atom stereocenters. The highest BCUT2D eigenvalue weighted by molar-refractivity contribution is 6.36. The van der Waals surface area contributed by atoms with Gasteiger partial charge < -0.3 is 14.5 Å². The Morgan fingerprint density at radius 1 is 1.44 bits per heavy atom. The Bertz CT molecular complexity index is 547. The Hall–Kier alpha value is -1.68. The number of halogens is 1. The number of hydrogen-bond donors (Lipinski definition) is 1. The number of benzene rings is 1. The lowest BCUT2D eigenvalue weighted by Gasteiger charge is -2.09. The van der Waals surface area contributed by atoms with Crippen LogP contribution in [0.3, 0.4) is 0 Å². The zero-order chi connectivity index (χ0) is 11.7. The fourth-order valence-electron chi connectivity index (χ4n) is 1.65. The molecule has 1 N–H and O–H groups in total. The van der Waals surface area contributed by atoms with Crippen molar-refractivity contribution in [3.63, 3.8) is 0 Å². The SMILES string of the molecule is COC(=O)c1cc(Cl)c2[nH]ccc2c1OC. The molecular formula is C11H10ClNO3. The largest absolute Gasteiger partial charge is 0.495 e. The lowest BCUT2D eigenvalue weighted by molar-refractivity contribution is 0.0597. The van der Waals surface area contributed by atoms with Crippen molar-refractivity contribution in [1.29, 1.82) is 0 Å². The average Bonchev–Trinajstić information content (AvgIpc) is 2.77. The van der Waals surface area contributed by atoms with E-state index >= 15 is 0 Å². The highest BCUT2D eigenvalue weighted by Crippen LogP contribution is 2.34. The fraction of sp³-hybridized carbons (Fsp3) is 0.182. The number of fused-ring (bicyclic) bond motifs is 1. The molecule has 1 aromatic heterocycles. The van der Waals surface area contributed by atoms with Crippen LogP contribution < -0.4 is 4.74 Å². The zero-order valence-electron chi connectivity index (χ0n) is 8.83. The Kier molecular flexibility index (Phi) is 2.75. The third-order valence-corrected chi connectivity index (χ3v) is 2.65. The first-order valence-corrected chi connectivity index (χ1v) is 4.98. The molecule has 0 spiro atoms. The van der Waals surface area contributed by atoms with E-state index in [1.165, 1.54) is 20.3 Å². The van der Waals surface area contributed by atoms with Gasteiger partial charge in [0.25, 0.3) is 0 Å². The summed E-state index contributed by atoms with van der Waals surface area (Å²) in [4.78, 5) is 14.5. The van der Waals surface area contributed by atoms with Gasteiger partial charge >= 0.3 is 5.97 Å². The van der Waals surface area contributed by atoms with Gasteiger partial charge in [-0.1, -0.05) is 11.6 Å². The molecule has 4 nitrogen and oxygen atoms in total. The molecule has 0 saturated heterocycles. The van der Waals surface area contributed by atoms with E-state index in [0.717, 1.165) is 10.9 Å². The first-order chi connectivity index (χ1) is 7.69. The minimum absolute atomic E-state index is 0.321. The zero-order valence-corrected chi connectivity index (χ0v) is 9.59. The number of methoxy groups -OCH3 is 2. The molecule has 0 radical (unpaired) electrons. The van der Waals surface area contributed by atoms with Gasteiger partial charge in [-0.05, 0) is 12.1 Å². The Morgan fingerprint density at radius 2 is 2.19 bits per heavy atom. The van der Waals surface area contributed by atoms with Crippen molar-refractivity contribution in [2.45, 2.75) is 0 Å². The van der Waals surface area contributed by atoms with Gasteiger partial charge in [-0.25, -0.2) is 4.79 Å². The smallest absolute Gasteiger partial charge is 0.341 e. The van der Waals surface area contributed by atoms with Crippen LogP contribution in [0.2, 0.25) is 5.02 Å². The molecule has 1 heterocycles. The van der Waals surface area contributed by atoms with Crippen LogP contribution in [0.15, 0.2) is 18.3 Å². The summed E-state index contributed by atoms with van der Waals surface area (Å²) < 4.78 is 9.89. The maximum Gasteiger partial charge on any atom is 0.341 e. The Labute approximate surface area is 97.1 Å². The summed E-state index contributed by atoms with van der Waals surface area (Å²) in [6.07, 6.45) is 1.74. The van der Waals surface area contributed by atoms with E-state index in [1.807, 2.05) is 0 Å². The second-order valence-corrected chi connectivity index (χ2v) is 3.60. The number of aromatic amines is 1. The van der Waals surface area contributed by atoms with E-state index in [-0.39, 0.29) is 0 Å². The van der Waals surface area contributed by atoms with Gasteiger partial charge in [0.1, 0.15) is 11.3 Å². The van der Waals surface area contributed by atoms with Crippen molar-refractivity contribution in [1.82, 2.24) is 4.98 Å². The molecule has 0 saturated carbocycles. The van der Waals surface area contributed by atoms with Crippen molar-refractivity contribution in [3.8, 4) is 5.75 Å². The molecule has 0 amide bonds.